The summed E-state index contributed by atoms with van der Waals surface area (Å²) in [6.45, 7) is 7.88. The molecule has 0 aromatic carbocycles. The molecule has 0 radical (unpaired) electrons. The van der Waals surface area contributed by atoms with Crippen LogP contribution in [0.3, 0.4) is 0 Å². The van der Waals surface area contributed by atoms with Crippen molar-refractivity contribution in [3.8, 4) is 0 Å². The van der Waals surface area contributed by atoms with E-state index < -0.39 is 12.1 Å². The summed E-state index contributed by atoms with van der Waals surface area (Å²) in [7, 11) is 0. The number of halogens is 3. The normalized spacial score (nSPS) is 23.6. The second-order valence-corrected chi connectivity index (χ2v) is 7.87. The highest BCUT2D eigenvalue weighted by Gasteiger charge is 2.41. The third-order valence-electron chi connectivity index (χ3n) is 4.60. The number of hydrogen-bond acceptors (Lipinski definition) is 5. The quantitative estimate of drug-likeness (QED) is 0.814. The summed E-state index contributed by atoms with van der Waals surface area (Å²) in [5.74, 6) is -2.58. The molecule has 10 heteroatoms. The average Bonchev–Trinajstić information content (AvgIpc) is 3.15. The van der Waals surface area contributed by atoms with Crippen molar-refractivity contribution in [3.63, 3.8) is 0 Å². The molecule has 0 saturated carbocycles. The Morgan fingerprint density at radius 2 is 2.04 bits per heavy atom. The lowest BCUT2D eigenvalue weighted by atomic mass is 9.87. The molecule has 0 aliphatic carbocycles. The van der Waals surface area contributed by atoms with E-state index in [9.17, 15) is 18.0 Å². The van der Waals surface area contributed by atoms with Crippen LogP contribution in [0.1, 0.15) is 18.2 Å². The number of carbonyl (C=O) groups is 2. The highest BCUT2D eigenvalue weighted by Crippen LogP contribution is 2.34. The van der Waals surface area contributed by atoms with E-state index in [-0.39, 0.29) is 11.3 Å². The summed E-state index contributed by atoms with van der Waals surface area (Å²) < 4.78 is 37.5. The number of carbonyl (C=O) groups excluding carboxylic acids is 1. The minimum Gasteiger partial charge on any atom is -0.475 e. The Bertz CT molecular complexity index is 639. The molecular formula is C17H23F3N2O4S. The summed E-state index contributed by atoms with van der Waals surface area (Å²) in [6.07, 6.45) is -3.96. The van der Waals surface area contributed by atoms with Crippen LogP contribution in [0.25, 0.3) is 0 Å². The third-order valence-corrected chi connectivity index (χ3v) is 5.47. The maximum atomic E-state index is 11.7. The number of carboxylic acids is 1. The lowest BCUT2D eigenvalue weighted by Gasteiger charge is -2.31. The van der Waals surface area contributed by atoms with Gasteiger partial charge in [-0.05, 0) is 24.4 Å². The molecule has 152 valence electrons. The molecule has 1 spiro atoms. The zero-order valence-electron chi connectivity index (χ0n) is 15.0. The first-order valence-electron chi connectivity index (χ1n) is 8.49. The number of carboxylic acid groups (broad SMARTS) is 1. The standard InChI is InChI=1S/C15H22N2O2S.C2HF3O2/c1-13(18)17-6-7-19-12-15(11-17)4-5-16(10-15)9-14-3-2-8-20-14;3-2(4,5)1(6)7/h2-3,8H,4-7,9-12H2,1H3;(H,6,7). The molecular weight excluding hydrogens is 385 g/mol. The maximum absolute atomic E-state index is 11.7. The van der Waals surface area contributed by atoms with E-state index in [1.165, 1.54) is 4.88 Å². The van der Waals surface area contributed by atoms with Crippen molar-refractivity contribution in [2.45, 2.75) is 26.1 Å². The van der Waals surface area contributed by atoms with E-state index in [4.69, 9.17) is 14.6 Å². The molecule has 1 aromatic heterocycles. The van der Waals surface area contributed by atoms with Gasteiger partial charge in [0, 0.05) is 43.4 Å². The van der Waals surface area contributed by atoms with Gasteiger partial charge in [0.1, 0.15) is 0 Å². The van der Waals surface area contributed by atoms with Crippen LogP contribution in [0.2, 0.25) is 0 Å². The largest absolute Gasteiger partial charge is 0.490 e. The highest BCUT2D eigenvalue weighted by atomic mass is 32.1. The van der Waals surface area contributed by atoms with Crippen LogP contribution in [-0.2, 0) is 20.9 Å². The molecule has 1 aromatic rings. The average molecular weight is 408 g/mol. The Labute approximate surface area is 159 Å². The molecule has 1 amide bonds. The van der Waals surface area contributed by atoms with Crippen molar-refractivity contribution < 1.29 is 32.6 Å². The summed E-state index contributed by atoms with van der Waals surface area (Å²) in [5.41, 5.74) is 0.138. The van der Waals surface area contributed by atoms with Gasteiger partial charge < -0.3 is 14.7 Å². The predicted molar refractivity (Wildman–Crippen MR) is 93.4 cm³/mol. The van der Waals surface area contributed by atoms with Crippen LogP contribution >= 0.6 is 11.3 Å². The molecule has 0 bridgehead atoms. The zero-order chi connectivity index (χ0) is 20.1. The fourth-order valence-corrected chi connectivity index (χ4v) is 4.04. The second kappa shape index (κ2) is 9.03. The monoisotopic (exact) mass is 408 g/mol. The van der Waals surface area contributed by atoms with E-state index in [2.05, 4.69) is 22.4 Å². The van der Waals surface area contributed by atoms with E-state index >= 15 is 0 Å². The van der Waals surface area contributed by atoms with Crippen molar-refractivity contribution in [2.24, 2.45) is 5.41 Å². The Kier molecular flexibility index (Phi) is 7.24. The maximum Gasteiger partial charge on any atom is 0.490 e. The molecule has 2 fully saturated rings. The van der Waals surface area contributed by atoms with Gasteiger partial charge in [-0.3, -0.25) is 9.69 Å². The molecule has 1 unspecified atom stereocenters. The first kappa shape index (κ1) is 21.6. The van der Waals surface area contributed by atoms with E-state index in [0.717, 1.165) is 45.8 Å². The number of thiophene rings is 1. The summed E-state index contributed by atoms with van der Waals surface area (Å²) >= 11 is 1.82. The van der Waals surface area contributed by atoms with E-state index in [1.807, 2.05) is 16.2 Å². The van der Waals surface area contributed by atoms with Gasteiger partial charge in [-0.1, -0.05) is 6.07 Å². The highest BCUT2D eigenvalue weighted by molar-refractivity contribution is 7.09. The van der Waals surface area contributed by atoms with Gasteiger partial charge >= 0.3 is 12.1 Å². The molecule has 1 atom stereocenters. The molecule has 1 N–H and O–H groups in total. The topological polar surface area (TPSA) is 70.1 Å². The lowest BCUT2D eigenvalue weighted by molar-refractivity contribution is -0.192. The van der Waals surface area contributed by atoms with Crippen LogP contribution < -0.4 is 0 Å². The first-order chi connectivity index (χ1) is 12.6. The molecule has 2 aliphatic heterocycles. The molecule has 2 saturated heterocycles. The van der Waals surface area contributed by atoms with Crippen molar-refractivity contribution in [1.29, 1.82) is 0 Å². The Morgan fingerprint density at radius 3 is 2.59 bits per heavy atom. The van der Waals surface area contributed by atoms with E-state index in [0.29, 0.717) is 6.61 Å². The van der Waals surface area contributed by atoms with Crippen LogP contribution in [0.4, 0.5) is 13.2 Å². The van der Waals surface area contributed by atoms with Crippen molar-refractivity contribution in [3.05, 3.63) is 22.4 Å². The number of hydrogen-bond donors (Lipinski definition) is 1. The van der Waals surface area contributed by atoms with E-state index in [1.54, 1.807) is 6.92 Å². The number of nitrogens with zero attached hydrogens (tertiary/aromatic N) is 2. The number of ether oxygens (including phenoxy) is 1. The van der Waals surface area contributed by atoms with Crippen LogP contribution in [0, 0.1) is 5.41 Å². The number of likely N-dealkylation sites (tertiary alicyclic amines) is 1. The van der Waals surface area contributed by atoms with Gasteiger partial charge in [-0.15, -0.1) is 11.3 Å². The van der Waals surface area contributed by atoms with Crippen LogP contribution in [0.15, 0.2) is 17.5 Å². The lowest BCUT2D eigenvalue weighted by Crippen LogP contribution is -2.42. The van der Waals surface area contributed by atoms with Gasteiger partial charge in [0.15, 0.2) is 0 Å². The van der Waals surface area contributed by atoms with Crippen molar-refractivity contribution in [2.75, 3.05) is 39.4 Å². The Balaban J connectivity index is 0.000000321. The number of rotatable bonds is 2. The zero-order valence-corrected chi connectivity index (χ0v) is 15.8. The van der Waals surface area contributed by atoms with Crippen LogP contribution in [0.5, 0.6) is 0 Å². The summed E-state index contributed by atoms with van der Waals surface area (Å²) in [5, 5.41) is 9.26. The molecule has 27 heavy (non-hydrogen) atoms. The summed E-state index contributed by atoms with van der Waals surface area (Å²) in [4.78, 5) is 26.5. The SMILES string of the molecule is CC(=O)N1CCOCC2(CCN(Cc3cccs3)C2)C1.O=C(O)C(F)(F)F. The minimum atomic E-state index is -5.08. The number of amides is 1. The minimum absolute atomic E-state index is 0.138. The predicted octanol–water partition coefficient (Wildman–Crippen LogP) is 2.45. The number of aliphatic carboxylic acids is 1. The van der Waals surface area contributed by atoms with Gasteiger partial charge in [0.05, 0.1) is 13.2 Å². The molecule has 6 nitrogen and oxygen atoms in total. The number of alkyl halides is 3. The van der Waals surface area contributed by atoms with Gasteiger partial charge in [-0.25, -0.2) is 4.79 Å². The fourth-order valence-electron chi connectivity index (χ4n) is 3.29. The van der Waals surface area contributed by atoms with Crippen molar-refractivity contribution >= 4 is 23.2 Å². The van der Waals surface area contributed by atoms with Gasteiger partial charge in [0.2, 0.25) is 5.91 Å². The third kappa shape index (κ3) is 6.47. The summed E-state index contributed by atoms with van der Waals surface area (Å²) in [6, 6.07) is 4.30. The smallest absolute Gasteiger partial charge is 0.475 e. The molecule has 3 rings (SSSR count). The second-order valence-electron chi connectivity index (χ2n) is 6.84. The van der Waals surface area contributed by atoms with Crippen LogP contribution in [-0.4, -0.2) is 72.4 Å². The Morgan fingerprint density at radius 1 is 1.33 bits per heavy atom. The van der Waals surface area contributed by atoms with Crippen molar-refractivity contribution in [1.82, 2.24) is 9.80 Å². The Hall–Kier alpha value is -1.65. The van der Waals surface area contributed by atoms with Gasteiger partial charge in [-0.2, -0.15) is 13.2 Å². The first-order valence-corrected chi connectivity index (χ1v) is 9.37. The van der Waals surface area contributed by atoms with Gasteiger partial charge in [0.25, 0.3) is 0 Å². The molecule has 3 heterocycles. The fraction of sp³-hybridized carbons (Fsp3) is 0.647. The molecule has 2 aliphatic rings.